The second kappa shape index (κ2) is 8.02. The lowest BCUT2D eigenvalue weighted by Crippen LogP contribution is -2.41. The van der Waals surface area contributed by atoms with Gasteiger partial charge in [0.15, 0.2) is 6.23 Å². The van der Waals surface area contributed by atoms with Gasteiger partial charge in [0.05, 0.1) is 26.0 Å². The van der Waals surface area contributed by atoms with E-state index in [0.29, 0.717) is 0 Å². The summed E-state index contributed by atoms with van der Waals surface area (Å²) in [6.07, 6.45) is -0.531. The number of carbonyl (C=O) groups is 1. The molecule has 0 saturated carbocycles. The quantitative estimate of drug-likeness (QED) is 0.386. The highest BCUT2D eigenvalue weighted by Gasteiger charge is 2.14. The minimum atomic E-state index is -0.476. The molecule has 0 heterocycles. The van der Waals surface area contributed by atoms with Gasteiger partial charge in [0.25, 0.3) is 0 Å². The zero-order valence-electron chi connectivity index (χ0n) is 9.40. The van der Waals surface area contributed by atoms with Crippen LogP contribution in [0, 0.1) is 0 Å². The Morgan fingerprint density at radius 2 is 2.07 bits per heavy atom. The van der Waals surface area contributed by atoms with E-state index in [1.807, 2.05) is 13.8 Å². The molecule has 2 unspecified atom stereocenters. The van der Waals surface area contributed by atoms with Crippen molar-refractivity contribution in [2.75, 3.05) is 6.61 Å². The number of amides is 1. The fourth-order valence-electron chi connectivity index (χ4n) is 0.909. The first-order valence-electron chi connectivity index (χ1n) is 4.90. The SMILES string of the molecule is [B]CC(=O)NC(COC(C)S)OC(C)C. The third-order valence-corrected chi connectivity index (χ3v) is 1.58. The molecular weight excluding hydrogens is 213 g/mol. The molecule has 86 valence electrons. The van der Waals surface area contributed by atoms with Gasteiger partial charge in [0.1, 0.15) is 0 Å². The van der Waals surface area contributed by atoms with Gasteiger partial charge in [-0.15, -0.1) is 12.6 Å². The highest BCUT2D eigenvalue weighted by molar-refractivity contribution is 7.80. The van der Waals surface area contributed by atoms with Crippen LogP contribution in [0.4, 0.5) is 0 Å². The van der Waals surface area contributed by atoms with E-state index in [1.165, 1.54) is 0 Å². The van der Waals surface area contributed by atoms with Crippen LogP contribution in [0.3, 0.4) is 0 Å². The highest BCUT2D eigenvalue weighted by Crippen LogP contribution is 2.01. The molecule has 6 heteroatoms. The third-order valence-electron chi connectivity index (χ3n) is 1.43. The van der Waals surface area contributed by atoms with Crippen LogP contribution in [-0.4, -0.2) is 38.1 Å². The molecule has 0 aliphatic heterocycles. The summed E-state index contributed by atoms with van der Waals surface area (Å²) in [6, 6.07) is 0. The third kappa shape index (κ3) is 8.78. The van der Waals surface area contributed by atoms with E-state index in [2.05, 4.69) is 17.9 Å². The lowest BCUT2D eigenvalue weighted by atomic mass is 10.1. The van der Waals surface area contributed by atoms with Crippen molar-refractivity contribution in [3.63, 3.8) is 0 Å². The Morgan fingerprint density at radius 1 is 1.47 bits per heavy atom. The first-order valence-corrected chi connectivity index (χ1v) is 5.42. The smallest absolute Gasteiger partial charge is 0.213 e. The zero-order chi connectivity index (χ0) is 11.8. The molecule has 0 aromatic rings. The molecule has 0 saturated heterocycles. The molecule has 0 rings (SSSR count). The number of ether oxygens (including phenoxy) is 2. The van der Waals surface area contributed by atoms with Gasteiger partial charge in [0.2, 0.25) is 5.91 Å². The van der Waals surface area contributed by atoms with Crippen LogP contribution < -0.4 is 5.32 Å². The van der Waals surface area contributed by atoms with Crippen molar-refractivity contribution < 1.29 is 14.3 Å². The van der Waals surface area contributed by atoms with Gasteiger partial charge >= 0.3 is 0 Å². The van der Waals surface area contributed by atoms with Gasteiger partial charge in [-0.05, 0) is 27.1 Å². The lowest BCUT2D eigenvalue weighted by Gasteiger charge is -2.22. The van der Waals surface area contributed by atoms with Crippen molar-refractivity contribution in [1.29, 1.82) is 0 Å². The predicted octanol–water partition coefficient (Wildman–Crippen LogP) is 0.733. The summed E-state index contributed by atoms with van der Waals surface area (Å²) in [4.78, 5) is 11.1. The van der Waals surface area contributed by atoms with Gasteiger partial charge in [-0.2, -0.15) is 0 Å². The summed E-state index contributed by atoms with van der Waals surface area (Å²) in [6.45, 7) is 5.81. The summed E-state index contributed by atoms with van der Waals surface area (Å²) < 4.78 is 10.7. The normalized spacial score (nSPS) is 15.0. The van der Waals surface area contributed by atoms with Gasteiger partial charge in [0, 0.05) is 0 Å². The van der Waals surface area contributed by atoms with Gasteiger partial charge < -0.3 is 14.8 Å². The summed E-state index contributed by atoms with van der Waals surface area (Å²) in [5.41, 5.74) is -0.196. The number of thiol groups is 1. The summed E-state index contributed by atoms with van der Waals surface area (Å²) >= 11 is 4.06. The lowest BCUT2D eigenvalue weighted by molar-refractivity contribution is -0.128. The Labute approximate surface area is 97.9 Å². The Hall–Kier alpha value is -0.195. The van der Waals surface area contributed by atoms with Crippen molar-refractivity contribution in [2.24, 2.45) is 0 Å². The fourth-order valence-corrected chi connectivity index (χ4v) is 0.995. The monoisotopic (exact) mass is 231 g/mol. The van der Waals surface area contributed by atoms with E-state index >= 15 is 0 Å². The molecule has 2 radical (unpaired) electrons. The summed E-state index contributed by atoms with van der Waals surface area (Å²) in [5, 5.41) is 2.61. The molecule has 1 amide bonds. The molecule has 4 nitrogen and oxygen atoms in total. The van der Waals surface area contributed by atoms with Crippen LogP contribution in [0.2, 0.25) is 6.32 Å². The van der Waals surface area contributed by atoms with Crippen molar-refractivity contribution in [1.82, 2.24) is 5.32 Å². The fraction of sp³-hybridized carbons (Fsp3) is 0.889. The van der Waals surface area contributed by atoms with Crippen LogP contribution in [-0.2, 0) is 14.3 Å². The summed E-state index contributed by atoms with van der Waals surface area (Å²) in [5.74, 6) is -0.268. The van der Waals surface area contributed by atoms with E-state index in [0.717, 1.165) is 0 Å². The molecule has 0 aliphatic carbocycles. The van der Waals surface area contributed by atoms with Gasteiger partial charge in [-0.1, -0.05) is 0 Å². The minimum Gasteiger partial charge on any atom is -0.363 e. The molecule has 0 aliphatic rings. The van der Waals surface area contributed by atoms with Crippen LogP contribution >= 0.6 is 12.6 Å². The average molecular weight is 231 g/mol. The van der Waals surface area contributed by atoms with Crippen LogP contribution in [0.1, 0.15) is 20.8 Å². The summed E-state index contributed by atoms with van der Waals surface area (Å²) in [7, 11) is 5.18. The number of rotatable bonds is 7. The molecular formula is C9H18BNO3S. The minimum absolute atomic E-state index is 0.00639. The largest absolute Gasteiger partial charge is 0.363 e. The number of carbonyl (C=O) groups excluding carboxylic acids is 1. The van der Waals surface area contributed by atoms with E-state index in [1.54, 1.807) is 6.92 Å². The second-order valence-corrected chi connectivity index (χ2v) is 4.10. The second-order valence-electron chi connectivity index (χ2n) is 3.38. The maximum Gasteiger partial charge on any atom is 0.213 e. The number of nitrogens with one attached hydrogen (secondary N) is 1. The van der Waals surface area contributed by atoms with Crippen LogP contribution in [0.15, 0.2) is 0 Å². The van der Waals surface area contributed by atoms with Crippen molar-refractivity contribution in [2.45, 2.75) is 44.9 Å². The Bertz CT molecular complexity index is 190. The molecule has 0 aromatic heterocycles. The van der Waals surface area contributed by atoms with Crippen LogP contribution in [0.25, 0.3) is 0 Å². The van der Waals surface area contributed by atoms with Gasteiger partial charge in [-0.3, -0.25) is 4.79 Å². The molecule has 0 spiro atoms. The average Bonchev–Trinajstić information content (AvgIpc) is 2.13. The topological polar surface area (TPSA) is 47.6 Å². The van der Waals surface area contributed by atoms with E-state index in [9.17, 15) is 4.79 Å². The Balaban J connectivity index is 4.00. The molecule has 0 bridgehead atoms. The van der Waals surface area contributed by atoms with Crippen molar-refractivity contribution in [3.05, 3.63) is 0 Å². The maximum atomic E-state index is 11.1. The Morgan fingerprint density at radius 3 is 2.47 bits per heavy atom. The number of hydrogen-bond donors (Lipinski definition) is 2. The van der Waals surface area contributed by atoms with Crippen molar-refractivity contribution in [3.8, 4) is 0 Å². The van der Waals surface area contributed by atoms with Gasteiger partial charge in [-0.25, -0.2) is 0 Å². The van der Waals surface area contributed by atoms with E-state index < -0.39 is 6.23 Å². The molecule has 15 heavy (non-hydrogen) atoms. The predicted molar refractivity (Wildman–Crippen MR) is 63.1 cm³/mol. The molecule has 2 atom stereocenters. The van der Waals surface area contributed by atoms with Crippen LogP contribution in [0.5, 0.6) is 0 Å². The number of hydrogen-bond acceptors (Lipinski definition) is 4. The first-order chi connectivity index (χ1) is 6.95. The maximum absolute atomic E-state index is 11.1. The highest BCUT2D eigenvalue weighted by atomic mass is 32.1. The zero-order valence-corrected chi connectivity index (χ0v) is 10.3. The molecule has 0 aromatic carbocycles. The molecule has 1 N–H and O–H groups in total. The first kappa shape index (κ1) is 14.8. The van der Waals surface area contributed by atoms with E-state index in [-0.39, 0.29) is 30.4 Å². The molecule has 0 fully saturated rings. The standard InChI is InChI=1S/C9H18BNO3S/c1-6(2)14-9(5-13-7(3)15)11-8(12)4-10/h6-7,9,15H,4-5H2,1-3H3,(H,11,12). The Kier molecular flexibility index (Phi) is 7.91. The van der Waals surface area contributed by atoms with Crippen molar-refractivity contribution >= 4 is 26.4 Å². The van der Waals surface area contributed by atoms with E-state index in [4.69, 9.17) is 17.3 Å².